The summed E-state index contributed by atoms with van der Waals surface area (Å²) < 4.78 is 2.56. The second-order valence-corrected chi connectivity index (χ2v) is 11.5. The molecule has 0 amide bonds. The van der Waals surface area contributed by atoms with Gasteiger partial charge in [0.15, 0.2) is 0 Å². The Hall–Kier alpha value is -4.79. The van der Waals surface area contributed by atoms with Crippen molar-refractivity contribution in [3.63, 3.8) is 0 Å². The highest BCUT2D eigenvalue weighted by Crippen LogP contribution is 2.40. The fourth-order valence-corrected chi connectivity index (χ4v) is 7.46. The molecule has 0 atom stereocenters. The number of benzene rings is 7. The molecule has 0 unspecified atom stereocenters. The van der Waals surface area contributed by atoms with E-state index in [0.29, 0.717) is 0 Å². The van der Waals surface area contributed by atoms with Gasteiger partial charge in [-0.1, -0.05) is 97.1 Å². The molecule has 0 aliphatic rings. The summed E-state index contributed by atoms with van der Waals surface area (Å²) >= 11 is 1.82. The van der Waals surface area contributed by atoms with Gasteiger partial charge in [-0.25, -0.2) is 0 Å². The second-order valence-electron chi connectivity index (χ2n) is 10.4. The Morgan fingerprint density at radius 2 is 1.05 bits per heavy atom. The highest BCUT2D eigenvalue weighted by atomic mass is 32.1. The standard InChI is InChI=1S/C37H21NS/c1-2-7-33-31(6-1)37-30-17-16-26(20-32(30)38-21-34(37)39-33)22-8-10-23(11-9-22)29-18-27-14-12-24-4-3-5-25-13-15-28(19-29)36(27)35(24)25/h1-21H. The van der Waals surface area contributed by atoms with E-state index in [1.54, 1.807) is 0 Å². The molecule has 0 fully saturated rings. The Balaban J connectivity index is 1.14. The van der Waals surface area contributed by atoms with Crippen molar-refractivity contribution < 1.29 is 0 Å². The smallest absolute Gasteiger partial charge is 0.0715 e. The third-order valence-electron chi connectivity index (χ3n) is 8.23. The van der Waals surface area contributed by atoms with Gasteiger partial charge < -0.3 is 0 Å². The first-order valence-corrected chi connectivity index (χ1v) is 14.1. The first-order chi connectivity index (χ1) is 19.3. The van der Waals surface area contributed by atoms with E-state index >= 15 is 0 Å². The van der Waals surface area contributed by atoms with Gasteiger partial charge in [0.05, 0.1) is 10.2 Å². The molecule has 9 aromatic rings. The molecule has 2 heterocycles. The van der Waals surface area contributed by atoms with Gasteiger partial charge in [0.2, 0.25) is 0 Å². The van der Waals surface area contributed by atoms with Crippen LogP contribution >= 0.6 is 11.3 Å². The second kappa shape index (κ2) is 7.86. The summed E-state index contributed by atoms with van der Waals surface area (Å²) in [5.41, 5.74) is 5.92. The third kappa shape index (κ3) is 3.10. The quantitative estimate of drug-likeness (QED) is 0.210. The summed E-state index contributed by atoms with van der Waals surface area (Å²) in [4.78, 5) is 4.83. The minimum absolute atomic E-state index is 1.04. The molecule has 39 heavy (non-hydrogen) atoms. The molecule has 0 saturated carbocycles. The summed E-state index contributed by atoms with van der Waals surface area (Å²) in [7, 11) is 0. The number of pyridine rings is 1. The molecular weight excluding hydrogens is 490 g/mol. The van der Waals surface area contributed by atoms with Crippen LogP contribution in [-0.4, -0.2) is 4.98 Å². The van der Waals surface area contributed by atoms with Crippen LogP contribution in [0, 0.1) is 0 Å². The number of hydrogen-bond donors (Lipinski definition) is 0. The normalized spacial score (nSPS) is 12.1. The number of rotatable bonds is 2. The molecular formula is C37H21NS. The summed E-state index contributed by atoms with van der Waals surface area (Å²) in [6.07, 6.45) is 2.03. The van der Waals surface area contributed by atoms with Crippen molar-refractivity contribution in [2.45, 2.75) is 0 Å². The van der Waals surface area contributed by atoms with Gasteiger partial charge in [-0.15, -0.1) is 11.3 Å². The Bertz CT molecular complexity index is 2310. The third-order valence-corrected chi connectivity index (χ3v) is 9.33. The lowest BCUT2D eigenvalue weighted by Gasteiger charge is -2.13. The molecule has 0 N–H and O–H groups in total. The fraction of sp³-hybridized carbons (Fsp3) is 0. The average molecular weight is 512 g/mol. The van der Waals surface area contributed by atoms with Crippen molar-refractivity contribution in [3.05, 3.63) is 128 Å². The monoisotopic (exact) mass is 511 g/mol. The zero-order valence-corrected chi connectivity index (χ0v) is 21.8. The predicted octanol–water partition coefficient (Wildman–Crippen LogP) is 10.8. The predicted molar refractivity (Wildman–Crippen MR) is 169 cm³/mol. The van der Waals surface area contributed by atoms with Crippen LogP contribution in [0.1, 0.15) is 0 Å². The van der Waals surface area contributed by atoms with Gasteiger partial charge in [0.1, 0.15) is 0 Å². The minimum atomic E-state index is 1.04. The maximum absolute atomic E-state index is 4.83. The zero-order valence-electron chi connectivity index (χ0n) is 21.0. The fourth-order valence-electron chi connectivity index (χ4n) is 6.37. The van der Waals surface area contributed by atoms with E-state index in [1.165, 1.54) is 80.1 Å². The lowest BCUT2D eigenvalue weighted by molar-refractivity contribution is 1.45. The van der Waals surface area contributed by atoms with Crippen LogP contribution in [0.5, 0.6) is 0 Å². The van der Waals surface area contributed by atoms with Crippen molar-refractivity contribution >= 4 is 74.7 Å². The molecule has 0 saturated heterocycles. The molecule has 2 aromatic heterocycles. The lowest BCUT2D eigenvalue weighted by atomic mass is 9.91. The van der Waals surface area contributed by atoms with E-state index in [4.69, 9.17) is 4.98 Å². The van der Waals surface area contributed by atoms with Crippen LogP contribution in [0.15, 0.2) is 128 Å². The molecule has 7 aromatic carbocycles. The Labute approximate surface area is 228 Å². The molecule has 180 valence electrons. The van der Waals surface area contributed by atoms with Crippen LogP contribution in [-0.2, 0) is 0 Å². The van der Waals surface area contributed by atoms with Crippen LogP contribution in [0.3, 0.4) is 0 Å². The maximum atomic E-state index is 4.83. The zero-order chi connectivity index (χ0) is 25.5. The first-order valence-electron chi connectivity index (χ1n) is 13.3. The van der Waals surface area contributed by atoms with E-state index in [-0.39, 0.29) is 0 Å². The summed E-state index contributed by atoms with van der Waals surface area (Å²) in [6.45, 7) is 0. The molecule has 9 rings (SSSR count). The number of hydrogen-bond acceptors (Lipinski definition) is 2. The van der Waals surface area contributed by atoms with E-state index < -0.39 is 0 Å². The van der Waals surface area contributed by atoms with Crippen LogP contribution in [0.2, 0.25) is 0 Å². The number of fused-ring (bicyclic) bond motifs is 5. The highest BCUT2D eigenvalue weighted by molar-refractivity contribution is 7.26. The highest BCUT2D eigenvalue weighted by Gasteiger charge is 2.12. The van der Waals surface area contributed by atoms with Gasteiger partial charge in [-0.3, -0.25) is 4.98 Å². The summed E-state index contributed by atoms with van der Waals surface area (Å²) in [5.74, 6) is 0. The van der Waals surface area contributed by atoms with Crippen molar-refractivity contribution in [1.29, 1.82) is 0 Å². The summed E-state index contributed by atoms with van der Waals surface area (Å²) in [6, 6.07) is 44.6. The van der Waals surface area contributed by atoms with E-state index in [9.17, 15) is 0 Å². The number of thiophene rings is 1. The van der Waals surface area contributed by atoms with Crippen LogP contribution in [0.25, 0.3) is 85.6 Å². The van der Waals surface area contributed by atoms with E-state index in [0.717, 1.165) is 5.52 Å². The van der Waals surface area contributed by atoms with Gasteiger partial charge >= 0.3 is 0 Å². The SMILES string of the molecule is c1cc2ccc3cc(-c4ccc(-c5ccc6c(c5)ncc5sc7ccccc7c56)cc4)cc4ccc(c1)c2c34. The van der Waals surface area contributed by atoms with Gasteiger partial charge in [0.25, 0.3) is 0 Å². The average Bonchev–Trinajstić information content (AvgIpc) is 3.39. The largest absolute Gasteiger partial charge is 0.255 e. The van der Waals surface area contributed by atoms with Gasteiger partial charge in [-0.2, -0.15) is 0 Å². The Kier molecular flexibility index (Phi) is 4.27. The number of nitrogens with zero attached hydrogens (tertiary/aromatic N) is 1. The molecule has 1 nitrogen and oxygen atoms in total. The Morgan fingerprint density at radius 1 is 0.410 bits per heavy atom. The topological polar surface area (TPSA) is 12.9 Å². The molecule has 0 aliphatic carbocycles. The molecule has 0 spiro atoms. The van der Waals surface area contributed by atoms with E-state index in [2.05, 4.69) is 121 Å². The molecule has 0 bridgehead atoms. The van der Waals surface area contributed by atoms with Crippen molar-refractivity contribution in [1.82, 2.24) is 4.98 Å². The van der Waals surface area contributed by atoms with Crippen molar-refractivity contribution in [3.8, 4) is 22.3 Å². The lowest BCUT2D eigenvalue weighted by Crippen LogP contribution is -1.86. The maximum Gasteiger partial charge on any atom is 0.0715 e. The van der Waals surface area contributed by atoms with Crippen LogP contribution < -0.4 is 0 Å². The number of aromatic nitrogens is 1. The van der Waals surface area contributed by atoms with Crippen molar-refractivity contribution in [2.75, 3.05) is 0 Å². The van der Waals surface area contributed by atoms with Crippen molar-refractivity contribution in [2.24, 2.45) is 0 Å². The van der Waals surface area contributed by atoms with Gasteiger partial charge in [0, 0.05) is 27.1 Å². The molecule has 0 aliphatic heterocycles. The Morgan fingerprint density at radius 3 is 1.82 bits per heavy atom. The van der Waals surface area contributed by atoms with E-state index in [1.807, 2.05) is 17.5 Å². The van der Waals surface area contributed by atoms with Gasteiger partial charge in [-0.05, 0) is 78.8 Å². The minimum Gasteiger partial charge on any atom is -0.255 e. The first kappa shape index (κ1) is 21.2. The van der Waals surface area contributed by atoms with Crippen LogP contribution in [0.4, 0.5) is 0 Å². The molecule has 2 heteroatoms. The summed E-state index contributed by atoms with van der Waals surface area (Å²) in [5, 5.41) is 11.8. The molecule has 0 radical (unpaired) electrons.